The highest BCUT2D eigenvalue weighted by Gasteiger charge is 2.35. The monoisotopic (exact) mass is 323 g/mol. The van der Waals surface area contributed by atoms with E-state index < -0.39 is 17.7 Å². The van der Waals surface area contributed by atoms with Gasteiger partial charge < -0.3 is 11.1 Å². The minimum atomic E-state index is -2.65. The Morgan fingerprint density at radius 2 is 2.04 bits per heavy atom. The highest BCUT2D eigenvalue weighted by Crippen LogP contribution is 2.33. The van der Waals surface area contributed by atoms with Crippen LogP contribution in [0.3, 0.4) is 0 Å². The van der Waals surface area contributed by atoms with Gasteiger partial charge in [0, 0.05) is 25.1 Å². The number of aromatic nitrogens is 3. The first kappa shape index (κ1) is 15.3. The maximum Gasteiger partial charge on any atom is 0.270 e. The Kier molecular flexibility index (Phi) is 3.70. The number of alkyl halides is 2. The third kappa shape index (κ3) is 2.99. The summed E-state index contributed by atoms with van der Waals surface area (Å²) in [6.45, 7) is 0. The van der Waals surface area contributed by atoms with Crippen LogP contribution in [0, 0.1) is 0 Å². The van der Waals surface area contributed by atoms with Crippen molar-refractivity contribution in [1.82, 2.24) is 19.9 Å². The number of nitrogens with one attached hydrogen (secondary N) is 1. The molecule has 1 fully saturated rings. The molecular weight excluding hydrogens is 308 g/mol. The van der Waals surface area contributed by atoms with Gasteiger partial charge in [0.15, 0.2) is 5.65 Å². The molecule has 3 N–H and O–H groups in total. The Labute approximate surface area is 129 Å². The Hall–Kier alpha value is -2.58. The van der Waals surface area contributed by atoms with Crippen molar-refractivity contribution in [1.29, 1.82) is 0 Å². The zero-order chi connectivity index (χ0) is 16.6. The van der Waals surface area contributed by atoms with Crippen LogP contribution in [0.5, 0.6) is 0 Å². The molecule has 1 saturated carbocycles. The molecule has 2 heterocycles. The van der Waals surface area contributed by atoms with E-state index in [0.29, 0.717) is 0 Å². The number of nitrogens with zero attached hydrogens (tertiary/aromatic N) is 3. The van der Waals surface area contributed by atoms with E-state index >= 15 is 0 Å². The van der Waals surface area contributed by atoms with Crippen LogP contribution in [-0.2, 0) is 0 Å². The van der Waals surface area contributed by atoms with E-state index in [-0.39, 0.29) is 48.6 Å². The lowest BCUT2D eigenvalue weighted by Gasteiger charge is -2.28. The number of halogens is 2. The molecule has 0 unspecified atom stereocenters. The number of amides is 2. The van der Waals surface area contributed by atoms with Crippen LogP contribution in [0.15, 0.2) is 18.5 Å². The molecule has 0 atom stereocenters. The fraction of sp³-hybridized carbons (Fsp3) is 0.429. The van der Waals surface area contributed by atoms with Crippen molar-refractivity contribution in [2.24, 2.45) is 5.73 Å². The van der Waals surface area contributed by atoms with Gasteiger partial charge in [0.2, 0.25) is 5.92 Å². The largest absolute Gasteiger partial charge is 0.365 e. The molecule has 1 aliphatic carbocycles. The molecule has 0 bridgehead atoms. The van der Waals surface area contributed by atoms with E-state index in [4.69, 9.17) is 5.73 Å². The predicted octanol–water partition coefficient (Wildman–Crippen LogP) is 1.14. The molecule has 3 rings (SSSR count). The molecule has 7 nitrogen and oxygen atoms in total. The van der Waals surface area contributed by atoms with Gasteiger partial charge in [-0.1, -0.05) is 0 Å². The molecule has 23 heavy (non-hydrogen) atoms. The van der Waals surface area contributed by atoms with Crippen LogP contribution in [-0.4, -0.2) is 38.4 Å². The van der Waals surface area contributed by atoms with Crippen molar-refractivity contribution < 1.29 is 18.4 Å². The highest BCUT2D eigenvalue weighted by atomic mass is 19.3. The van der Waals surface area contributed by atoms with E-state index in [9.17, 15) is 18.4 Å². The fourth-order valence-electron chi connectivity index (χ4n) is 2.68. The second kappa shape index (κ2) is 5.56. The molecule has 0 spiro atoms. The smallest absolute Gasteiger partial charge is 0.270 e. The number of rotatable bonds is 3. The van der Waals surface area contributed by atoms with Crippen molar-refractivity contribution in [3.8, 4) is 0 Å². The third-order valence-corrected chi connectivity index (χ3v) is 3.95. The van der Waals surface area contributed by atoms with Crippen LogP contribution in [0.4, 0.5) is 8.78 Å². The summed E-state index contributed by atoms with van der Waals surface area (Å²) in [5.74, 6) is -3.80. The minimum absolute atomic E-state index is 0.108. The molecule has 0 saturated heterocycles. The van der Waals surface area contributed by atoms with Crippen molar-refractivity contribution in [3.63, 3.8) is 0 Å². The van der Waals surface area contributed by atoms with Gasteiger partial charge in [0.25, 0.3) is 11.8 Å². The molecule has 2 aromatic heterocycles. The number of nitrogens with two attached hydrogens (primary N) is 1. The molecule has 0 aliphatic heterocycles. The van der Waals surface area contributed by atoms with E-state index in [1.807, 2.05) is 0 Å². The molecule has 2 aromatic rings. The Bertz CT molecular complexity index is 764. The lowest BCUT2D eigenvalue weighted by atomic mass is 9.92. The van der Waals surface area contributed by atoms with Gasteiger partial charge in [-0.25, -0.2) is 18.3 Å². The topological polar surface area (TPSA) is 102 Å². The first-order valence-corrected chi connectivity index (χ1v) is 7.19. The quantitative estimate of drug-likeness (QED) is 0.884. The second-order valence-electron chi connectivity index (χ2n) is 5.59. The molecular formula is C14H15F2N5O2. The SMILES string of the molecule is NC(=O)c1cnn2c(C(=O)NC3CCC(F)(F)CC3)ccnc12. The first-order chi connectivity index (χ1) is 10.9. The van der Waals surface area contributed by atoms with Gasteiger partial charge in [-0.05, 0) is 18.9 Å². The summed E-state index contributed by atoms with van der Waals surface area (Å²) in [6.07, 6.45) is 2.57. The number of carbonyl (C=O) groups is 2. The summed E-state index contributed by atoms with van der Waals surface area (Å²) in [5, 5.41) is 6.68. The molecule has 2 amide bonds. The summed E-state index contributed by atoms with van der Waals surface area (Å²) in [7, 11) is 0. The minimum Gasteiger partial charge on any atom is -0.365 e. The third-order valence-electron chi connectivity index (χ3n) is 3.95. The molecule has 122 valence electrons. The van der Waals surface area contributed by atoms with Gasteiger partial charge in [-0.3, -0.25) is 9.59 Å². The van der Waals surface area contributed by atoms with Crippen LogP contribution in [0.1, 0.15) is 46.5 Å². The van der Waals surface area contributed by atoms with Gasteiger partial charge in [-0.2, -0.15) is 5.10 Å². The number of hydrogen-bond donors (Lipinski definition) is 2. The van der Waals surface area contributed by atoms with Crippen molar-refractivity contribution in [3.05, 3.63) is 29.7 Å². The number of carbonyl (C=O) groups excluding carboxylic acids is 2. The molecule has 1 aliphatic rings. The average molecular weight is 323 g/mol. The van der Waals surface area contributed by atoms with E-state index in [1.165, 1.54) is 23.0 Å². The second-order valence-corrected chi connectivity index (χ2v) is 5.59. The van der Waals surface area contributed by atoms with Crippen LogP contribution in [0.25, 0.3) is 5.65 Å². The summed E-state index contributed by atoms with van der Waals surface area (Å²) >= 11 is 0. The Balaban J connectivity index is 1.80. The molecule has 0 aromatic carbocycles. The van der Waals surface area contributed by atoms with E-state index in [0.717, 1.165) is 0 Å². The average Bonchev–Trinajstić information content (AvgIpc) is 2.93. The summed E-state index contributed by atoms with van der Waals surface area (Å²) in [6, 6.07) is 1.13. The van der Waals surface area contributed by atoms with Gasteiger partial charge >= 0.3 is 0 Å². The van der Waals surface area contributed by atoms with E-state index in [2.05, 4.69) is 15.4 Å². The standard InChI is InChI=1S/C14H15F2N5O2/c15-14(16)4-1-8(2-5-14)20-13(23)10-3-6-18-12-9(11(17)22)7-19-21(10)12/h3,6-8H,1-2,4-5H2,(H2,17,22)(H,20,23). The summed E-state index contributed by atoms with van der Waals surface area (Å²) < 4.78 is 27.5. The Morgan fingerprint density at radius 3 is 2.70 bits per heavy atom. The van der Waals surface area contributed by atoms with Crippen LogP contribution < -0.4 is 11.1 Å². The van der Waals surface area contributed by atoms with Gasteiger partial charge in [0.05, 0.1) is 6.20 Å². The maximum absolute atomic E-state index is 13.1. The lowest BCUT2D eigenvalue weighted by molar-refractivity contribution is -0.0399. The predicted molar refractivity (Wildman–Crippen MR) is 76.2 cm³/mol. The van der Waals surface area contributed by atoms with Gasteiger partial charge in [-0.15, -0.1) is 0 Å². The van der Waals surface area contributed by atoms with Crippen LogP contribution in [0.2, 0.25) is 0 Å². The highest BCUT2D eigenvalue weighted by molar-refractivity contribution is 5.99. The van der Waals surface area contributed by atoms with E-state index in [1.54, 1.807) is 0 Å². The van der Waals surface area contributed by atoms with Crippen molar-refractivity contribution >= 4 is 17.5 Å². The maximum atomic E-state index is 13.1. The lowest BCUT2D eigenvalue weighted by Crippen LogP contribution is -2.40. The fourth-order valence-corrected chi connectivity index (χ4v) is 2.68. The van der Waals surface area contributed by atoms with Crippen LogP contribution >= 0.6 is 0 Å². The number of hydrogen-bond acceptors (Lipinski definition) is 4. The van der Waals surface area contributed by atoms with Crippen molar-refractivity contribution in [2.45, 2.75) is 37.6 Å². The Morgan fingerprint density at radius 1 is 1.35 bits per heavy atom. The summed E-state index contributed by atoms with van der Waals surface area (Å²) in [5.41, 5.74) is 5.68. The summed E-state index contributed by atoms with van der Waals surface area (Å²) in [4.78, 5) is 27.6. The number of fused-ring (bicyclic) bond motifs is 1. The van der Waals surface area contributed by atoms with Crippen molar-refractivity contribution in [2.75, 3.05) is 0 Å². The normalized spacial score (nSPS) is 18.0. The number of primary amides is 1. The molecule has 9 heteroatoms. The molecule has 0 radical (unpaired) electrons. The zero-order valence-corrected chi connectivity index (χ0v) is 12.1. The first-order valence-electron chi connectivity index (χ1n) is 7.19. The van der Waals surface area contributed by atoms with Gasteiger partial charge in [0.1, 0.15) is 11.3 Å². The zero-order valence-electron chi connectivity index (χ0n) is 12.1.